The first kappa shape index (κ1) is 12.0. The number of nitrogens with one attached hydrogen (secondary N) is 1. The van der Waals surface area contributed by atoms with Crippen LogP contribution in [0.4, 0.5) is 0 Å². The number of ether oxygens (including phenoxy) is 1. The zero-order valence-corrected chi connectivity index (χ0v) is 10.1. The predicted molar refractivity (Wildman–Crippen MR) is 60.5 cm³/mol. The van der Waals surface area contributed by atoms with E-state index in [0.29, 0.717) is 17.6 Å². The van der Waals surface area contributed by atoms with Gasteiger partial charge in [0, 0.05) is 13.1 Å². The predicted octanol–water partition coefficient (Wildman–Crippen LogP) is 2.58. The second-order valence-electron chi connectivity index (χ2n) is 5.29. The quantitative estimate of drug-likeness (QED) is 0.735. The maximum absolute atomic E-state index is 5.75. The lowest BCUT2D eigenvalue weighted by atomic mass is 9.90. The molecule has 1 rings (SSSR count). The summed E-state index contributed by atoms with van der Waals surface area (Å²) in [6.07, 6.45) is 4.60. The van der Waals surface area contributed by atoms with E-state index in [9.17, 15) is 0 Å². The van der Waals surface area contributed by atoms with Crippen LogP contribution in [-0.4, -0.2) is 25.3 Å². The number of hydrogen-bond acceptors (Lipinski definition) is 2. The van der Waals surface area contributed by atoms with Crippen molar-refractivity contribution >= 4 is 0 Å². The third kappa shape index (κ3) is 3.97. The van der Waals surface area contributed by atoms with E-state index in [1.807, 2.05) is 0 Å². The zero-order chi connectivity index (χ0) is 10.6. The monoisotopic (exact) mass is 199 g/mol. The van der Waals surface area contributed by atoms with Crippen molar-refractivity contribution in [3.05, 3.63) is 0 Å². The molecule has 2 heteroatoms. The van der Waals surface area contributed by atoms with Crippen LogP contribution in [0.15, 0.2) is 0 Å². The molecule has 1 fully saturated rings. The Morgan fingerprint density at radius 1 is 1.36 bits per heavy atom. The molecule has 0 saturated carbocycles. The summed E-state index contributed by atoms with van der Waals surface area (Å²) in [6.45, 7) is 11.1. The minimum atomic E-state index is 0.421. The fourth-order valence-electron chi connectivity index (χ4n) is 1.73. The normalized spacial score (nSPS) is 28.3. The summed E-state index contributed by atoms with van der Waals surface area (Å²) < 4.78 is 5.75. The van der Waals surface area contributed by atoms with Crippen molar-refractivity contribution in [2.45, 2.75) is 59.2 Å². The summed E-state index contributed by atoms with van der Waals surface area (Å²) in [6, 6.07) is 0. The Hall–Kier alpha value is -0.0800. The Morgan fingerprint density at radius 3 is 2.57 bits per heavy atom. The largest absolute Gasteiger partial charge is 0.374 e. The van der Waals surface area contributed by atoms with Crippen molar-refractivity contribution in [3.63, 3.8) is 0 Å². The molecule has 1 saturated heterocycles. The summed E-state index contributed by atoms with van der Waals surface area (Å²) in [5.74, 6) is 0. The smallest absolute Gasteiger partial charge is 0.0704 e. The van der Waals surface area contributed by atoms with Crippen LogP contribution in [0.2, 0.25) is 0 Å². The van der Waals surface area contributed by atoms with Gasteiger partial charge in [-0.15, -0.1) is 0 Å². The Balaban J connectivity index is 2.10. The molecule has 1 aliphatic heterocycles. The van der Waals surface area contributed by atoms with Crippen molar-refractivity contribution < 1.29 is 4.74 Å². The number of hydrogen-bond donors (Lipinski definition) is 1. The van der Waals surface area contributed by atoms with E-state index >= 15 is 0 Å². The molecular weight excluding hydrogens is 174 g/mol. The molecular formula is C12H25NO. The minimum Gasteiger partial charge on any atom is -0.374 e. The van der Waals surface area contributed by atoms with Crippen LogP contribution in [0.1, 0.15) is 47.0 Å². The highest BCUT2D eigenvalue weighted by Crippen LogP contribution is 2.20. The van der Waals surface area contributed by atoms with Crippen molar-refractivity contribution in [2.75, 3.05) is 13.1 Å². The molecule has 2 nitrogen and oxygen atoms in total. The Kier molecular flexibility index (Phi) is 4.39. The first-order valence-electron chi connectivity index (χ1n) is 5.89. The summed E-state index contributed by atoms with van der Waals surface area (Å²) >= 11 is 0. The highest BCUT2D eigenvalue weighted by molar-refractivity contribution is 4.75. The lowest BCUT2D eigenvalue weighted by molar-refractivity contribution is 0.0546. The third-order valence-electron chi connectivity index (χ3n) is 3.25. The molecule has 0 aromatic heterocycles. The van der Waals surface area contributed by atoms with Crippen molar-refractivity contribution in [1.82, 2.24) is 5.32 Å². The average Bonchev–Trinajstić information content (AvgIpc) is 2.51. The SMILES string of the molecule is CCC(C)(C)CNCC1CCC(C)O1. The van der Waals surface area contributed by atoms with E-state index in [1.54, 1.807) is 0 Å². The maximum atomic E-state index is 5.75. The first-order valence-corrected chi connectivity index (χ1v) is 5.89. The van der Waals surface area contributed by atoms with Gasteiger partial charge in [-0.3, -0.25) is 0 Å². The lowest BCUT2D eigenvalue weighted by Crippen LogP contribution is -2.34. The molecule has 2 atom stereocenters. The highest BCUT2D eigenvalue weighted by Gasteiger charge is 2.22. The van der Waals surface area contributed by atoms with Gasteiger partial charge in [0.25, 0.3) is 0 Å². The second-order valence-corrected chi connectivity index (χ2v) is 5.29. The molecule has 0 spiro atoms. The molecule has 2 unspecified atom stereocenters. The fourth-order valence-corrected chi connectivity index (χ4v) is 1.73. The van der Waals surface area contributed by atoms with E-state index in [4.69, 9.17) is 4.74 Å². The van der Waals surface area contributed by atoms with Crippen molar-refractivity contribution in [3.8, 4) is 0 Å². The van der Waals surface area contributed by atoms with Gasteiger partial charge in [-0.1, -0.05) is 20.8 Å². The maximum Gasteiger partial charge on any atom is 0.0704 e. The fraction of sp³-hybridized carbons (Fsp3) is 1.00. The molecule has 0 aromatic carbocycles. The van der Waals surface area contributed by atoms with Gasteiger partial charge in [0.2, 0.25) is 0 Å². The molecule has 0 radical (unpaired) electrons. The topological polar surface area (TPSA) is 21.3 Å². The van der Waals surface area contributed by atoms with Gasteiger partial charge >= 0.3 is 0 Å². The molecule has 0 bridgehead atoms. The van der Waals surface area contributed by atoms with Crippen molar-refractivity contribution in [2.24, 2.45) is 5.41 Å². The second kappa shape index (κ2) is 5.13. The molecule has 0 aromatic rings. The third-order valence-corrected chi connectivity index (χ3v) is 3.25. The Morgan fingerprint density at radius 2 is 2.07 bits per heavy atom. The summed E-state index contributed by atoms with van der Waals surface area (Å²) in [4.78, 5) is 0. The van der Waals surface area contributed by atoms with Crippen LogP contribution in [0.3, 0.4) is 0 Å². The average molecular weight is 199 g/mol. The zero-order valence-electron chi connectivity index (χ0n) is 10.1. The standard InChI is InChI=1S/C12H25NO/c1-5-12(3,4)9-13-8-11-7-6-10(2)14-11/h10-11,13H,5-9H2,1-4H3. The van der Waals surface area contributed by atoms with Crippen LogP contribution >= 0.6 is 0 Å². The van der Waals surface area contributed by atoms with Gasteiger partial charge in [-0.2, -0.15) is 0 Å². The van der Waals surface area contributed by atoms with E-state index in [0.717, 1.165) is 13.1 Å². The summed E-state index contributed by atoms with van der Waals surface area (Å²) in [7, 11) is 0. The van der Waals surface area contributed by atoms with Gasteiger partial charge in [-0.25, -0.2) is 0 Å². The van der Waals surface area contributed by atoms with Crippen molar-refractivity contribution in [1.29, 1.82) is 0 Å². The van der Waals surface area contributed by atoms with E-state index < -0.39 is 0 Å². The van der Waals surface area contributed by atoms with Gasteiger partial charge in [0.05, 0.1) is 12.2 Å². The summed E-state index contributed by atoms with van der Waals surface area (Å²) in [5.41, 5.74) is 0.421. The van der Waals surface area contributed by atoms with Crippen LogP contribution < -0.4 is 5.32 Å². The van der Waals surface area contributed by atoms with Crippen LogP contribution in [0.5, 0.6) is 0 Å². The lowest BCUT2D eigenvalue weighted by Gasteiger charge is -2.24. The van der Waals surface area contributed by atoms with Gasteiger partial charge in [0.15, 0.2) is 0 Å². The molecule has 0 aliphatic carbocycles. The molecule has 0 amide bonds. The molecule has 14 heavy (non-hydrogen) atoms. The van der Waals surface area contributed by atoms with Gasteiger partial charge in [0.1, 0.15) is 0 Å². The highest BCUT2D eigenvalue weighted by atomic mass is 16.5. The number of rotatable bonds is 5. The van der Waals surface area contributed by atoms with Crippen LogP contribution in [0, 0.1) is 5.41 Å². The Labute approximate surface area is 88.4 Å². The Bertz CT molecular complexity index is 168. The van der Waals surface area contributed by atoms with E-state index in [1.165, 1.54) is 19.3 Å². The van der Waals surface area contributed by atoms with Gasteiger partial charge in [-0.05, 0) is 31.6 Å². The van der Waals surface area contributed by atoms with Crippen LogP contribution in [0.25, 0.3) is 0 Å². The van der Waals surface area contributed by atoms with Gasteiger partial charge < -0.3 is 10.1 Å². The summed E-state index contributed by atoms with van der Waals surface area (Å²) in [5, 5.41) is 3.51. The molecule has 84 valence electrons. The molecule has 1 heterocycles. The molecule has 1 N–H and O–H groups in total. The minimum absolute atomic E-state index is 0.421. The van der Waals surface area contributed by atoms with E-state index in [2.05, 4.69) is 33.0 Å². The van der Waals surface area contributed by atoms with E-state index in [-0.39, 0.29) is 0 Å². The molecule has 1 aliphatic rings. The first-order chi connectivity index (χ1) is 6.53. The van der Waals surface area contributed by atoms with Crippen LogP contribution in [-0.2, 0) is 4.74 Å².